The van der Waals surface area contributed by atoms with E-state index in [1.54, 1.807) is 12.1 Å². The third-order valence-corrected chi connectivity index (χ3v) is 8.32. The molecule has 0 amide bonds. The number of ether oxygens (including phenoxy) is 2. The van der Waals surface area contributed by atoms with Crippen molar-refractivity contribution in [1.29, 1.82) is 0 Å². The van der Waals surface area contributed by atoms with E-state index in [9.17, 15) is 9.90 Å². The molecule has 0 spiro atoms. The molecule has 2 N–H and O–H groups in total. The summed E-state index contributed by atoms with van der Waals surface area (Å²) in [5.74, 6) is -0.561. The van der Waals surface area contributed by atoms with Gasteiger partial charge in [-0.1, -0.05) is 12.1 Å². The van der Waals surface area contributed by atoms with Crippen LogP contribution in [0.1, 0.15) is 22.6 Å². The third kappa shape index (κ3) is 4.05. The quantitative estimate of drug-likeness (QED) is 0.289. The summed E-state index contributed by atoms with van der Waals surface area (Å²) in [4.78, 5) is 14.3. The highest BCUT2D eigenvalue weighted by atomic mass is 79.9. The Morgan fingerprint density at radius 1 is 1.10 bits per heavy atom. The summed E-state index contributed by atoms with van der Waals surface area (Å²) in [6.07, 6.45) is 2.05. The molecule has 0 saturated carbocycles. The number of aliphatic hydroxyl groups is 2. The third-order valence-electron chi connectivity index (χ3n) is 6.36. The second-order valence-corrected chi connectivity index (χ2v) is 9.89. The van der Waals surface area contributed by atoms with Crippen LogP contribution in [-0.2, 0) is 19.9 Å². The Bertz CT molecular complexity index is 776. The molecule has 30 heavy (non-hydrogen) atoms. The maximum Gasteiger partial charge on any atom is 0.349 e. The predicted molar refractivity (Wildman–Crippen MR) is 118 cm³/mol. The number of esters is 1. The van der Waals surface area contributed by atoms with Crippen molar-refractivity contribution in [2.75, 3.05) is 21.2 Å². The highest BCUT2D eigenvalue weighted by Gasteiger charge is 2.71. The molecule has 0 aromatic carbocycles. The minimum Gasteiger partial charge on any atom is -1.00 e. The number of hydrogen-bond acceptors (Lipinski definition) is 7. The number of quaternary nitrogens is 1. The summed E-state index contributed by atoms with van der Waals surface area (Å²) in [5, 5.41) is 22.1. The summed E-state index contributed by atoms with van der Waals surface area (Å²) < 4.78 is 12.6. The van der Waals surface area contributed by atoms with Crippen molar-refractivity contribution in [3.05, 3.63) is 44.8 Å². The van der Waals surface area contributed by atoms with Gasteiger partial charge in [-0.05, 0) is 22.9 Å². The van der Waals surface area contributed by atoms with Gasteiger partial charge in [0.1, 0.15) is 30.4 Å². The fourth-order valence-electron chi connectivity index (χ4n) is 4.83. The van der Waals surface area contributed by atoms with E-state index in [0.29, 0.717) is 34.0 Å². The predicted octanol–water partition coefficient (Wildman–Crippen LogP) is -0.464. The highest BCUT2D eigenvalue weighted by molar-refractivity contribution is 8.93. The Balaban J connectivity index is 0.000000779. The van der Waals surface area contributed by atoms with Crippen LogP contribution in [0.5, 0.6) is 0 Å². The van der Waals surface area contributed by atoms with Gasteiger partial charge in [0.15, 0.2) is 0 Å². The number of fused-ring (bicyclic) bond motifs is 5. The van der Waals surface area contributed by atoms with Crippen LogP contribution in [0.4, 0.5) is 0 Å². The Hall–Kier alpha value is -0.330. The molecule has 0 radical (unpaired) electrons. The smallest absolute Gasteiger partial charge is 0.349 e. The van der Waals surface area contributed by atoms with E-state index in [1.807, 2.05) is 22.9 Å². The van der Waals surface area contributed by atoms with Crippen LogP contribution >= 0.6 is 39.7 Å². The number of hydrogen-bond donors (Lipinski definition) is 2. The number of epoxide rings is 1. The van der Waals surface area contributed by atoms with Crippen molar-refractivity contribution in [2.24, 2.45) is 0 Å². The fourth-order valence-corrected chi connectivity index (χ4v) is 6.54. The second-order valence-electron chi connectivity index (χ2n) is 7.99. The van der Waals surface area contributed by atoms with Crippen LogP contribution < -0.4 is 17.0 Å². The molecular weight excluding hydrogens is 558 g/mol. The zero-order valence-corrected chi connectivity index (χ0v) is 21.9. The molecule has 3 saturated heterocycles. The van der Waals surface area contributed by atoms with E-state index in [4.69, 9.17) is 14.6 Å². The Morgan fingerprint density at radius 3 is 1.97 bits per heavy atom. The van der Waals surface area contributed by atoms with Crippen molar-refractivity contribution < 1.29 is 45.9 Å². The first-order chi connectivity index (χ1) is 13.4. The van der Waals surface area contributed by atoms with Crippen molar-refractivity contribution in [1.82, 2.24) is 0 Å². The minimum atomic E-state index is -1.72. The van der Waals surface area contributed by atoms with Crippen LogP contribution in [0.25, 0.3) is 0 Å². The van der Waals surface area contributed by atoms with Crippen molar-refractivity contribution in [3.63, 3.8) is 0 Å². The van der Waals surface area contributed by atoms with E-state index in [1.165, 1.54) is 22.7 Å². The van der Waals surface area contributed by atoms with Gasteiger partial charge in [-0.15, -0.1) is 39.7 Å². The molecule has 1 unspecified atom stereocenters. The minimum absolute atomic E-state index is 0. The lowest BCUT2D eigenvalue weighted by Crippen LogP contribution is -3.00. The van der Waals surface area contributed by atoms with Gasteiger partial charge in [0.2, 0.25) is 5.60 Å². The van der Waals surface area contributed by atoms with Gasteiger partial charge in [0, 0.05) is 20.0 Å². The largest absolute Gasteiger partial charge is 1.00 e. The number of carbonyl (C=O) groups is 1. The lowest BCUT2D eigenvalue weighted by atomic mass is 9.95. The van der Waals surface area contributed by atoms with E-state index in [0.717, 1.165) is 24.4 Å². The molecule has 10 heteroatoms. The maximum absolute atomic E-state index is 13.1. The van der Waals surface area contributed by atoms with Gasteiger partial charge in [0.05, 0.1) is 23.8 Å². The van der Waals surface area contributed by atoms with Crippen molar-refractivity contribution >= 4 is 45.6 Å². The van der Waals surface area contributed by atoms with Crippen LogP contribution in [0.2, 0.25) is 0 Å². The molecule has 168 valence electrons. The van der Waals surface area contributed by atoms with E-state index >= 15 is 0 Å². The van der Waals surface area contributed by atoms with Crippen LogP contribution in [0.15, 0.2) is 35.0 Å². The van der Waals surface area contributed by atoms with Crippen LogP contribution in [-0.4, -0.2) is 72.3 Å². The molecule has 6 nitrogen and oxygen atoms in total. The van der Waals surface area contributed by atoms with E-state index in [2.05, 4.69) is 14.1 Å². The summed E-state index contributed by atoms with van der Waals surface area (Å²) in [6, 6.07) is 8.01. The Kier molecular flexibility index (Phi) is 8.35. The first-order valence-corrected chi connectivity index (χ1v) is 11.1. The number of likely N-dealkylation sites (N-methyl/N-ethyl adjacent to an activating group) is 1. The normalized spacial score (nSPS) is 30.0. The molecule has 2 aromatic rings. The van der Waals surface area contributed by atoms with Gasteiger partial charge in [0.25, 0.3) is 0 Å². The zero-order valence-electron chi connectivity index (χ0n) is 16.9. The first-order valence-electron chi connectivity index (χ1n) is 9.37. The molecule has 2 bridgehead atoms. The van der Waals surface area contributed by atoms with E-state index < -0.39 is 11.6 Å². The fraction of sp³-hybridized carbons (Fsp3) is 0.550. The average Bonchev–Trinajstić information content (AvgIpc) is 3.06. The van der Waals surface area contributed by atoms with Gasteiger partial charge in [-0.3, -0.25) is 0 Å². The number of aliphatic hydroxyl groups excluding tert-OH is 1. The summed E-state index contributed by atoms with van der Waals surface area (Å²) in [6.45, 7) is 0. The number of carbonyl (C=O) groups excluding carboxylic acids is 1. The molecule has 3 aliphatic rings. The number of morpholine rings is 1. The number of piperidine rings is 1. The molecule has 3 aliphatic heterocycles. The van der Waals surface area contributed by atoms with Gasteiger partial charge in [-0.2, -0.15) is 0 Å². The SMILES string of the molecule is Br.CO.C[N+]1(C)[C@@H]2CC(OC(=O)C(O)(c3cccs3)c3cccs3)C[C@H]1[C@@H]1O[C@@H]12.[Br-]. The molecule has 0 aliphatic carbocycles. The van der Waals surface area contributed by atoms with Crippen LogP contribution in [0.3, 0.4) is 0 Å². The van der Waals surface area contributed by atoms with Crippen LogP contribution in [0, 0.1) is 0 Å². The van der Waals surface area contributed by atoms with Crippen molar-refractivity contribution in [2.45, 2.75) is 48.8 Å². The van der Waals surface area contributed by atoms with Gasteiger partial charge in [-0.25, -0.2) is 4.79 Å². The lowest BCUT2D eigenvalue weighted by Gasteiger charge is -2.45. The summed E-state index contributed by atoms with van der Waals surface area (Å²) in [7, 11) is 5.49. The Labute approximate surface area is 205 Å². The zero-order chi connectivity index (χ0) is 20.1. The lowest BCUT2D eigenvalue weighted by molar-refractivity contribution is -0.938. The number of thiophene rings is 2. The molecule has 5 heterocycles. The number of halogens is 2. The standard InChI is InChI=1S/C19H22NO4S2.CH4O.2BrH/c1-20(2)12-9-11(10-13(20)17-16(12)24-17)23-18(21)19(22,14-5-3-7-25-14)15-6-4-8-26-15;1-2;;/h3-8,11-13,16-17,22H,9-10H2,1-2H3;2H,1H3;2*1H/q+1;;;/p-1/t11?,12-,13+,16-,17+;;;. The molecular formula is C20H27Br2NO5S2. The second kappa shape index (κ2) is 9.66. The van der Waals surface area contributed by atoms with E-state index in [-0.39, 0.29) is 40.1 Å². The highest BCUT2D eigenvalue weighted by Crippen LogP contribution is 2.52. The monoisotopic (exact) mass is 583 g/mol. The topological polar surface area (TPSA) is 79.3 Å². The number of rotatable bonds is 4. The average molecular weight is 585 g/mol. The van der Waals surface area contributed by atoms with Gasteiger partial charge >= 0.3 is 5.97 Å². The number of nitrogens with zero attached hydrogens (tertiary/aromatic N) is 1. The summed E-state index contributed by atoms with van der Waals surface area (Å²) >= 11 is 2.74. The Morgan fingerprint density at radius 2 is 1.57 bits per heavy atom. The molecule has 3 fully saturated rings. The molecule has 2 aromatic heterocycles. The van der Waals surface area contributed by atoms with Gasteiger partial charge < -0.3 is 41.2 Å². The maximum atomic E-state index is 13.1. The molecule has 5 rings (SSSR count). The summed E-state index contributed by atoms with van der Waals surface area (Å²) in [5.41, 5.74) is -1.72. The first kappa shape index (κ1) is 25.9. The van der Waals surface area contributed by atoms with Crippen molar-refractivity contribution in [3.8, 4) is 0 Å². The molecule has 5 atom stereocenters.